The highest BCUT2D eigenvalue weighted by atomic mass is 19.1. The standard InChI is InChI=1S/C18H18FN3/c1-3-13-7-9-14(10-8-13)11-22(2)18-17-15(19)5-4-6-16(17)20-12-21-18/h4-10,12H,3,11H2,1-2H3. The van der Waals surface area contributed by atoms with Gasteiger partial charge in [0.25, 0.3) is 0 Å². The normalized spacial score (nSPS) is 10.9. The van der Waals surface area contributed by atoms with Gasteiger partial charge in [0.15, 0.2) is 0 Å². The van der Waals surface area contributed by atoms with Crippen LogP contribution in [-0.4, -0.2) is 17.0 Å². The van der Waals surface area contributed by atoms with Crippen LogP contribution in [0.1, 0.15) is 18.1 Å². The largest absolute Gasteiger partial charge is 0.355 e. The average molecular weight is 295 g/mol. The highest BCUT2D eigenvalue weighted by Crippen LogP contribution is 2.25. The minimum Gasteiger partial charge on any atom is -0.355 e. The Bertz CT molecular complexity index is 779. The summed E-state index contributed by atoms with van der Waals surface area (Å²) in [5, 5.41) is 0.470. The molecule has 1 aromatic heterocycles. The van der Waals surface area contributed by atoms with Crippen molar-refractivity contribution in [3.05, 3.63) is 65.7 Å². The molecule has 3 nitrogen and oxygen atoms in total. The molecule has 0 aliphatic carbocycles. The molecule has 0 saturated carbocycles. The van der Waals surface area contributed by atoms with Gasteiger partial charge in [0, 0.05) is 13.6 Å². The van der Waals surface area contributed by atoms with E-state index in [4.69, 9.17) is 0 Å². The summed E-state index contributed by atoms with van der Waals surface area (Å²) in [6, 6.07) is 13.4. The second kappa shape index (κ2) is 6.10. The summed E-state index contributed by atoms with van der Waals surface area (Å²) < 4.78 is 14.1. The van der Waals surface area contributed by atoms with Crippen LogP contribution in [0.15, 0.2) is 48.8 Å². The molecule has 0 spiro atoms. The maximum atomic E-state index is 14.1. The Hall–Kier alpha value is -2.49. The van der Waals surface area contributed by atoms with Crippen LogP contribution in [-0.2, 0) is 13.0 Å². The predicted octanol–water partition coefficient (Wildman–Crippen LogP) is 3.97. The zero-order chi connectivity index (χ0) is 15.5. The molecule has 0 aliphatic rings. The number of aryl methyl sites for hydroxylation is 1. The van der Waals surface area contributed by atoms with E-state index >= 15 is 0 Å². The first-order valence-electron chi connectivity index (χ1n) is 7.37. The third-order valence-corrected chi connectivity index (χ3v) is 3.80. The van der Waals surface area contributed by atoms with E-state index in [-0.39, 0.29) is 5.82 Å². The van der Waals surface area contributed by atoms with Crippen molar-refractivity contribution >= 4 is 16.7 Å². The van der Waals surface area contributed by atoms with Crippen LogP contribution in [0.3, 0.4) is 0 Å². The van der Waals surface area contributed by atoms with Crippen molar-refractivity contribution in [3.63, 3.8) is 0 Å². The van der Waals surface area contributed by atoms with E-state index in [9.17, 15) is 4.39 Å². The number of rotatable bonds is 4. The Morgan fingerprint density at radius 2 is 1.73 bits per heavy atom. The van der Waals surface area contributed by atoms with E-state index in [1.807, 2.05) is 11.9 Å². The number of hydrogen-bond donors (Lipinski definition) is 0. The lowest BCUT2D eigenvalue weighted by Crippen LogP contribution is -2.18. The van der Waals surface area contributed by atoms with E-state index in [1.165, 1.54) is 23.5 Å². The summed E-state index contributed by atoms with van der Waals surface area (Å²) in [6.45, 7) is 2.81. The Balaban J connectivity index is 1.93. The van der Waals surface area contributed by atoms with Crippen molar-refractivity contribution in [2.24, 2.45) is 0 Å². The lowest BCUT2D eigenvalue weighted by atomic mass is 10.1. The maximum absolute atomic E-state index is 14.1. The number of anilines is 1. The highest BCUT2D eigenvalue weighted by molar-refractivity contribution is 5.89. The Kier molecular flexibility index (Phi) is 4.00. The molecule has 0 aliphatic heterocycles. The molecule has 0 bridgehead atoms. The maximum Gasteiger partial charge on any atom is 0.142 e. The van der Waals surface area contributed by atoms with E-state index in [2.05, 4.69) is 41.2 Å². The van der Waals surface area contributed by atoms with E-state index < -0.39 is 0 Å². The summed E-state index contributed by atoms with van der Waals surface area (Å²) in [7, 11) is 1.92. The number of hydrogen-bond acceptors (Lipinski definition) is 3. The summed E-state index contributed by atoms with van der Waals surface area (Å²) in [6.07, 6.45) is 2.51. The molecular weight excluding hydrogens is 277 g/mol. The monoisotopic (exact) mass is 295 g/mol. The molecule has 4 heteroatoms. The molecule has 0 saturated heterocycles. The molecule has 3 rings (SSSR count). The molecule has 1 heterocycles. The van der Waals surface area contributed by atoms with Crippen LogP contribution < -0.4 is 4.90 Å². The van der Waals surface area contributed by atoms with Crippen LogP contribution >= 0.6 is 0 Å². The molecule has 0 atom stereocenters. The van der Waals surface area contributed by atoms with Crippen LogP contribution in [0.4, 0.5) is 10.2 Å². The number of fused-ring (bicyclic) bond motifs is 1. The van der Waals surface area contributed by atoms with Crippen molar-refractivity contribution < 1.29 is 4.39 Å². The van der Waals surface area contributed by atoms with Crippen LogP contribution in [0.25, 0.3) is 10.9 Å². The highest BCUT2D eigenvalue weighted by Gasteiger charge is 2.12. The van der Waals surface area contributed by atoms with Crippen LogP contribution in [0, 0.1) is 5.82 Å². The van der Waals surface area contributed by atoms with E-state index in [0.29, 0.717) is 23.3 Å². The number of benzene rings is 2. The van der Waals surface area contributed by atoms with Gasteiger partial charge in [-0.2, -0.15) is 0 Å². The first kappa shape index (κ1) is 14.4. The van der Waals surface area contributed by atoms with Gasteiger partial charge in [0.05, 0.1) is 10.9 Å². The molecule has 0 amide bonds. The molecular formula is C18H18FN3. The fourth-order valence-corrected chi connectivity index (χ4v) is 2.57. The third-order valence-electron chi connectivity index (χ3n) is 3.80. The second-order valence-corrected chi connectivity index (χ2v) is 5.36. The molecule has 2 aromatic carbocycles. The zero-order valence-electron chi connectivity index (χ0n) is 12.8. The first-order valence-corrected chi connectivity index (χ1v) is 7.37. The second-order valence-electron chi connectivity index (χ2n) is 5.36. The Morgan fingerprint density at radius 3 is 2.45 bits per heavy atom. The molecule has 22 heavy (non-hydrogen) atoms. The lowest BCUT2D eigenvalue weighted by molar-refractivity contribution is 0.638. The van der Waals surface area contributed by atoms with Crippen molar-refractivity contribution in [1.82, 2.24) is 9.97 Å². The Morgan fingerprint density at radius 1 is 1.00 bits per heavy atom. The quantitative estimate of drug-likeness (QED) is 0.729. The van der Waals surface area contributed by atoms with Gasteiger partial charge in [-0.15, -0.1) is 0 Å². The summed E-state index contributed by atoms with van der Waals surface area (Å²) in [5.74, 6) is 0.323. The van der Waals surface area contributed by atoms with E-state index in [0.717, 1.165) is 6.42 Å². The topological polar surface area (TPSA) is 29.0 Å². The van der Waals surface area contributed by atoms with Crippen molar-refractivity contribution in [1.29, 1.82) is 0 Å². The van der Waals surface area contributed by atoms with Gasteiger partial charge in [-0.3, -0.25) is 0 Å². The Labute approximate surface area is 129 Å². The molecule has 0 fully saturated rings. The number of nitrogens with zero attached hydrogens (tertiary/aromatic N) is 3. The first-order chi connectivity index (χ1) is 10.7. The predicted molar refractivity (Wildman–Crippen MR) is 87.4 cm³/mol. The summed E-state index contributed by atoms with van der Waals surface area (Å²) in [5.41, 5.74) is 3.10. The van der Waals surface area contributed by atoms with Crippen molar-refractivity contribution in [2.45, 2.75) is 19.9 Å². The van der Waals surface area contributed by atoms with Gasteiger partial charge in [-0.25, -0.2) is 14.4 Å². The fraction of sp³-hybridized carbons (Fsp3) is 0.222. The minimum absolute atomic E-state index is 0.290. The lowest BCUT2D eigenvalue weighted by Gasteiger charge is -2.20. The SMILES string of the molecule is CCc1ccc(CN(C)c2ncnc3cccc(F)c23)cc1. The van der Waals surface area contributed by atoms with Crippen molar-refractivity contribution in [2.75, 3.05) is 11.9 Å². The van der Waals surface area contributed by atoms with Gasteiger partial charge in [0.2, 0.25) is 0 Å². The summed E-state index contributed by atoms with van der Waals surface area (Å²) in [4.78, 5) is 10.4. The molecule has 0 radical (unpaired) electrons. The van der Waals surface area contributed by atoms with Gasteiger partial charge in [0.1, 0.15) is 18.0 Å². The smallest absolute Gasteiger partial charge is 0.142 e. The van der Waals surface area contributed by atoms with Crippen molar-refractivity contribution in [3.8, 4) is 0 Å². The van der Waals surface area contributed by atoms with E-state index in [1.54, 1.807) is 12.1 Å². The molecule has 0 unspecified atom stereocenters. The van der Waals surface area contributed by atoms with Gasteiger partial charge in [-0.05, 0) is 29.7 Å². The molecule has 112 valence electrons. The van der Waals surface area contributed by atoms with Gasteiger partial charge >= 0.3 is 0 Å². The van der Waals surface area contributed by atoms with Gasteiger partial charge < -0.3 is 4.90 Å². The van der Waals surface area contributed by atoms with Gasteiger partial charge in [-0.1, -0.05) is 37.3 Å². The molecule has 3 aromatic rings. The third kappa shape index (κ3) is 2.77. The molecule has 0 N–H and O–H groups in total. The minimum atomic E-state index is -0.290. The number of halogens is 1. The fourth-order valence-electron chi connectivity index (χ4n) is 2.57. The number of aromatic nitrogens is 2. The van der Waals surface area contributed by atoms with Crippen LogP contribution in [0.2, 0.25) is 0 Å². The van der Waals surface area contributed by atoms with Crippen LogP contribution in [0.5, 0.6) is 0 Å². The summed E-state index contributed by atoms with van der Waals surface area (Å²) >= 11 is 0. The zero-order valence-corrected chi connectivity index (χ0v) is 12.8. The average Bonchev–Trinajstić information content (AvgIpc) is 2.55.